The molecular weight excluding hydrogens is 178 g/mol. The molecule has 0 amide bonds. The van der Waals surface area contributed by atoms with E-state index in [1.165, 1.54) is 6.21 Å². The second-order valence-corrected chi connectivity index (χ2v) is 3.87. The highest BCUT2D eigenvalue weighted by Gasteiger charge is 2.33. The second kappa shape index (κ2) is 4.57. The Hall–Kier alpha value is -0.870. The van der Waals surface area contributed by atoms with Gasteiger partial charge in [-0.1, -0.05) is 0 Å². The average Bonchev–Trinajstić information content (AvgIpc) is 2.19. The van der Waals surface area contributed by atoms with Crippen LogP contribution in [-0.2, 0) is 0 Å². The van der Waals surface area contributed by atoms with Gasteiger partial charge in [0.25, 0.3) is 0 Å². The summed E-state index contributed by atoms with van der Waals surface area (Å²) in [4.78, 5) is 2.19. The Kier molecular flexibility index (Phi) is 3.66. The van der Waals surface area contributed by atoms with Crippen molar-refractivity contribution in [2.45, 2.75) is 18.4 Å². The Labute approximate surface area is 85.1 Å². The molecule has 0 aromatic carbocycles. The fraction of sp³-hybridized carbons (Fsp3) is 0.700. The first-order chi connectivity index (χ1) is 6.62. The van der Waals surface area contributed by atoms with Crippen LogP contribution in [0.1, 0.15) is 12.8 Å². The zero-order valence-corrected chi connectivity index (χ0v) is 8.88. The maximum absolute atomic E-state index is 10.3. The topological polar surface area (TPSA) is 59.4 Å². The van der Waals surface area contributed by atoms with E-state index in [-0.39, 0.29) is 0 Å². The van der Waals surface area contributed by atoms with Crippen LogP contribution >= 0.6 is 0 Å². The highest BCUT2D eigenvalue weighted by molar-refractivity contribution is 5.78. The smallest absolute Gasteiger partial charge is 0.0949 e. The lowest BCUT2D eigenvalue weighted by molar-refractivity contribution is 0.0212. The highest BCUT2D eigenvalue weighted by Crippen LogP contribution is 2.27. The van der Waals surface area contributed by atoms with Crippen LogP contribution in [0.3, 0.4) is 0 Å². The van der Waals surface area contributed by atoms with Gasteiger partial charge in [-0.05, 0) is 19.9 Å². The van der Waals surface area contributed by atoms with Gasteiger partial charge in [0.05, 0.1) is 5.60 Å². The number of piperidine rings is 1. The summed E-state index contributed by atoms with van der Waals surface area (Å²) >= 11 is 0. The first-order valence-corrected chi connectivity index (χ1v) is 4.92. The van der Waals surface area contributed by atoms with E-state index >= 15 is 0 Å². The van der Waals surface area contributed by atoms with E-state index in [9.17, 15) is 5.11 Å². The zero-order chi connectivity index (χ0) is 10.6. The van der Waals surface area contributed by atoms with Crippen molar-refractivity contribution >= 4 is 6.21 Å². The number of hydrogen-bond donors (Lipinski definition) is 3. The van der Waals surface area contributed by atoms with Crippen molar-refractivity contribution in [1.82, 2.24) is 10.2 Å². The highest BCUT2D eigenvalue weighted by atomic mass is 16.3. The Morgan fingerprint density at radius 1 is 1.50 bits per heavy atom. The predicted octanol–water partition coefficient (Wildman–Crippen LogP) is 0.196. The van der Waals surface area contributed by atoms with Gasteiger partial charge >= 0.3 is 0 Å². The summed E-state index contributed by atoms with van der Waals surface area (Å²) in [5.74, 6) is 0. The molecule has 1 heterocycles. The lowest BCUT2D eigenvalue weighted by Crippen LogP contribution is -2.44. The second-order valence-electron chi connectivity index (χ2n) is 3.87. The largest absolute Gasteiger partial charge is 0.394 e. The van der Waals surface area contributed by atoms with E-state index < -0.39 is 5.60 Å². The molecule has 0 aliphatic carbocycles. The first kappa shape index (κ1) is 11.2. The van der Waals surface area contributed by atoms with Crippen LogP contribution < -0.4 is 5.32 Å². The van der Waals surface area contributed by atoms with Gasteiger partial charge in [0, 0.05) is 38.1 Å². The molecule has 0 bridgehead atoms. The van der Waals surface area contributed by atoms with Crippen molar-refractivity contribution < 1.29 is 5.11 Å². The minimum absolute atomic E-state index is 0.674. The minimum Gasteiger partial charge on any atom is -0.394 e. The monoisotopic (exact) mass is 197 g/mol. The van der Waals surface area contributed by atoms with Crippen molar-refractivity contribution in [2.24, 2.45) is 0 Å². The fourth-order valence-electron chi connectivity index (χ4n) is 1.74. The lowest BCUT2D eigenvalue weighted by Gasteiger charge is -2.37. The third kappa shape index (κ3) is 2.33. The summed E-state index contributed by atoms with van der Waals surface area (Å²) in [7, 11) is 3.83. The Morgan fingerprint density at radius 2 is 2.07 bits per heavy atom. The zero-order valence-electron chi connectivity index (χ0n) is 8.88. The molecular formula is C10H19N3O. The van der Waals surface area contributed by atoms with Crippen LogP contribution in [0.4, 0.5) is 0 Å². The van der Waals surface area contributed by atoms with Gasteiger partial charge in [0.15, 0.2) is 0 Å². The molecule has 0 atom stereocenters. The van der Waals surface area contributed by atoms with E-state index in [2.05, 4.69) is 10.2 Å². The van der Waals surface area contributed by atoms with E-state index in [1.807, 2.05) is 7.05 Å². The molecule has 0 aromatic rings. The number of aliphatic hydroxyl groups is 1. The fourth-order valence-corrected chi connectivity index (χ4v) is 1.74. The van der Waals surface area contributed by atoms with Crippen LogP contribution in [0.25, 0.3) is 0 Å². The molecule has 1 aliphatic rings. The standard InChI is InChI=1S/C10H19N3O/c1-12-8-9(7-11)10(14)3-5-13(2)6-4-10/h7-8,11-12,14H,3-6H2,1-2H3/b9-8+,11-7?. The van der Waals surface area contributed by atoms with Gasteiger partial charge in [-0.3, -0.25) is 0 Å². The predicted molar refractivity (Wildman–Crippen MR) is 57.6 cm³/mol. The first-order valence-electron chi connectivity index (χ1n) is 4.92. The van der Waals surface area contributed by atoms with Crippen LogP contribution in [0.5, 0.6) is 0 Å². The summed E-state index contributed by atoms with van der Waals surface area (Å²) in [6, 6.07) is 0. The number of hydrogen-bond acceptors (Lipinski definition) is 4. The van der Waals surface area contributed by atoms with Crippen molar-refractivity contribution in [2.75, 3.05) is 27.2 Å². The molecule has 1 rings (SSSR count). The van der Waals surface area contributed by atoms with Crippen LogP contribution in [0.15, 0.2) is 11.8 Å². The quantitative estimate of drug-likeness (QED) is 0.566. The molecule has 80 valence electrons. The Bertz CT molecular complexity index is 230. The SMILES string of the molecule is CN/C=C(\C=N)C1(O)CCN(C)CC1. The summed E-state index contributed by atoms with van der Waals surface area (Å²) in [5, 5.41) is 20.4. The van der Waals surface area contributed by atoms with Crippen molar-refractivity contribution in [3.8, 4) is 0 Å². The van der Waals surface area contributed by atoms with E-state index in [0.717, 1.165) is 13.1 Å². The molecule has 1 aliphatic heterocycles. The van der Waals surface area contributed by atoms with Gasteiger partial charge in [0.1, 0.15) is 0 Å². The van der Waals surface area contributed by atoms with Gasteiger partial charge in [-0.2, -0.15) is 0 Å². The van der Waals surface area contributed by atoms with Gasteiger partial charge in [-0.15, -0.1) is 0 Å². The lowest BCUT2D eigenvalue weighted by atomic mass is 9.85. The van der Waals surface area contributed by atoms with Crippen LogP contribution in [0.2, 0.25) is 0 Å². The van der Waals surface area contributed by atoms with Crippen molar-refractivity contribution in [3.05, 3.63) is 11.8 Å². The van der Waals surface area contributed by atoms with E-state index in [4.69, 9.17) is 5.41 Å². The molecule has 4 nitrogen and oxygen atoms in total. The van der Waals surface area contributed by atoms with Crippen molar-refractivity contribution in [3.63, 3.8) is 0 Å². The third-order valence-corrected chi connectivity index (χ3v) is 2.81. The van der Waals surface area contributed by atoms with Crippen LogP contribution in [0, 0.1) is 5.41 Å². The van der Waals surface area contributed by atoms with E-state index in [1.54, 1.807) is 13.2 Å². The summed E-state index contributed by atoms with van der Waals surface area (Å²) in [5.41, 5.74) is -0.134. The number of rotatable bonds is 3. The molecule has 0 unspecified atom stereocenters. The van der Waals surface area contributed by atoms with Crippen LogP contribution in [-0.4, -0.2) is 49.0 Å². The average molecular weight is 197 g/mol. The van der Waals surface area contributed by atoms with Crippen molar-refractivity contribution in [1.29, 1.82) is 5.41 Å². The van der Waals surface area contributed by atoms with Gasteiger partial charge in [-0.25, -0.2) is 0 Å². The summed E-state index contributed by atoms with van der Waals surface area (Å²) in [6.45, 7) is 1.76. The molecule has 0 saturated carbocycles. The molecule has 0 spiro atoms. The molecule has 14 heavy (non-hydrogen) atoms. The maximum atomic E-state index is 10.3. The van der Waals surface area contributed by atoms with E-state index in [0.29, 0.717) is 18.4 Å². The third-order valence-electron chi connectivity index (χ3n) is 2.81. The number of likely N-dealkylation sites (tertiary alicyclic amines) is 1. The Morgan fingerprint density at radius 3 is 2.50 bits per heavy atom. The molecule has 1 saturated heterocycles. The number of nitrogens with zero attached hydrogens (tertiary/aromatic N) is 1. The molecule has 1 fully saturated rings. The molecule has 0 radical (unpaired) electrons. The maximum Gasteiger partial charge on any atom is 0.0949 e. The minimum atomic E-state index is -0.808. The normalized spacial score (nSPS) is 23.2. The molecule has 4 heteroatoms. The number of nitrogens with one attached hydrogen (secondary N) is 2. The Balaban J connectivity index is 2.73. The van der Waals surface area contributed by atoms with Gasteiger partial charge in [0.2, 0.25) is 0 Å². The summed E-state index contributed by atoms with van der Waals surface area (Å²) < 4.78 is 0. The van der Waals surface area contributed by atoms with Gasteiger partial charge < -0.3 is 20.7 Å². The molecule has 0 aromatic heterocycles. The molecule has 3 N–H and O–H groups in total. The summed E-state index contributed by atoms with van der Waals surface area (Å²) in [6.07, 6.45) is 4.35.